The van der Waals surface area contributed by atoms with Crippen molar-refractivity contribution >= 4 is 27.3 Å². The van der Waals surface area contributed by atoms with Crippen molar-refractivity contribution in [3.8, 4) is 0 Å². The Balaban J connectivity index is 1.67. The molecule has 3 aromatic rings. The molecule has 2 aromatic heterocycles. The lowest BCUT2D eigenvalue weighted by atomic mass is 10.2. The zero-order valence-corrected chi connectivity index (χ0v) is 13.9. The maximum atomic E-state index is 12.3. The van der Waals surface area contributed by atoms with Crippen LogP contribution in [0.4, 0.5) is 0 Å². The minimum absolute atomic E-state index is 0.110. The maximum Gasteiger partial charge on any atom is 0.269 e. The summed E-state index contributed by atoms with van der Waals surface area (Å²) in [6.45, 7) is 4.11. The Kier molecular flexibility index (Phi) is 4.45. The molecule has 1 atom stereocenters. The first-order valence-corrected chi connectivity index (χ1v) is 8.36. The molecule has 0 radical (unpaired) electrons. The predicted molar refractivity (Wildman–Crippen MR) is 91.7 cm³/mol. The number of hydrogen-bond acceptors (Lipinski definition) is 4. The summed E-state index contributed by atoms with van der Waals surface area (Å²) in [5, 5.41) is 18.4. The third-order valence-electron chi connectivity index (χ3n) is 3.62. The number of carbonyl (C=O) groups is 1. The minimum Gasteiger partial charge on any atom is -0.386 e. The van der Waals surface area contributed by atoms with E-state index in [2.05, 4.69) is 10.4 Å². The van der Waals surface area contributed by atoms with Crippen LogP contribution in [-0.4, -0.2) is 27.3 Å². The molecule has 1 amide bonds. The van der Waals surface area contributed by atoms with Gasteiger partial charge < -0.3 is 10.4 Å². The number of aliphatic hydroxyl groups excluding tert-OH is 1. The lowest BCUT2D eigenvalue weighted by Crippen LogP contribution is -2.30. The van der Waals surface area contributed by atoms with Crippen LogP contribution in [0, 0.1) is 0 Å². The second-order valence-corrected chi connectivity index (χ2v) is 6.78. The van der Waals surface area contributed by atoms with E-state index >= 15 is 0 Å². The quantitative estimate of drug-likeness (QED) is 0.755. The summed E-state index contributed by atoms with van der Waals surface area (Å²) in [7, 11) is 0. The summed E-state index contributed by atoms with van der Waals surface area (Å²) in [4.78, 5) is 13.1. The predicted octanol–water partition coefficient (Wildman–Crippen LogP) is 3.14. The van der Waals surface area contributed by atoms with E-state index < -0.39 is 6.10 Å². The van der Waals surface area contributed by atoms with Gasteiger partial charge in [0.2, 0.25) is 0 Å². The number of aliphatic hydroxyl groups is 1. The molecule has 1 unspecified atom stereocenters. The second-order valence-electron chi connectivity index (χ2n) is 5.67. The lowest BCUT2D eigenvalue weighted by molar-refractivity contribution is 0.0905. The maximum absolute atomic E-state index is 12.3. The Labute approximate surface area is 138 Å². The summed E-state index contributed by atoms with van der Waals surface area (Å²) in [5.74, 6) is -0.226. The van der Waals surface area contributed by atoms with E-state index in [-0.39, 0.29) is 18.5 Å². The average molecular weight is 329 g/mol. The third kappa shape index (κ3) is 3.28. The number of hydrogen-bond donors (Lipinski definition) is 2. The number of thiophene rings is 1. The summed E-state index contributed by atoms with van der Waals surface area (Å²) in [6, 6.07) is 11.7. The van der Waals surface area contributed by atoms with Crippen LogP contribution in [0.25, 0.3) is 10.1 Å². The number of aromatic nitrogens is 2. The van der Waals surface area contributed by atoms with Crippen molar-refractivity contribution in [1.82, 2.24) is 15.1 Å². The molecule has 6 heteroatoms. The SMILES string of the molecule is CC(C)n1nccc1C(=O)NCC(O)c1cc2ccccc2s1. The standard InChI is InChI=1S/C17H19N3O2S/c1-11(2)20-13(7-8-19-20)17(22)18-10-14(21)16-9-12-5-3-4-6-15(12)23-16/h3-9,11,14,21H,10H2,1-2H3,(H,18,22). The van der Waals surface area contributed by atoms with Gasteiger partial charge >= 0.3 is 0 Å². The molecule has 0 aliphatic rings. The second kappa shape index (κ2) is 6.52. The van der Waals surface area contributed by atoms with Crippen molar-refractivity contribution in [2.45, 2.75) is 26.0 Å². The van der Waals surface area contributed by atoms with E-state index in [4.69, 9.17) is 0 Å². The molecule has 0 aliphatic carbocycles. The number of amides is 1. The molecule has 0 fully saturated rings. The number of fused-ring (bicyclic) bond motifs is 1. The van der Waals surface area contributed by atoms with Gasteiger partial charge in [0, 0.05) is 28.4 Å². The first kappa shape index (κ1) is 15.7. The van der Waals surface area contributed by atoms with Crippen LogP contribution < -0.4 is 5.32 Å². The van der Waals surface area contributed by atoms with E-state index in [9.17, 15) is 9.90 Å². The molecule has 0 saturated carbocycles. The third-order valence-corrected chi connectivity index (χ3v) is 4.84. The van der Waals surface area contributed by atoms with E-state index in [0.29, 0.717) is 5.69 Å². The smallest absolute Gasteiger partial charge is 0.269 e. The van der Waals surface area contributed by atoms with Gasteiger partial charge in [-0.2, -0.15) is 5.10 Å². The van der Waals surface area contributed by atoms with E-state index in [0.717, 1.165) is 15.0 Å². The van der Waals surface area contributed by atoms with Crippen molar-refractivity contribution < 1.29 is 9.90 Å². The first-order valence-electron chi connectivity index (χ1n) is 7.54. The normalized spacial score (nSPS) is 12.7. The van der Waals surface area contributed by atoms with Crippen LogP contribution in [0.15, 0.2) is 42.6 Å². The summed E-state index contributed by atoms with van der Waals surface area (Å²) < 4.78 is 2.80. The van der Waals surface area contributed by atoms with Gasteiger partial charge in [-0.1, -0.05) is 18.2 Å². The minimum atomic E-state index is -0.716. The van der Waals surface area contributed by atoms with Crippen molar-refractivity contribution in [1.29, 1.82) is 0 Å². The zero-order valence-electron chi connectivity index (χ0n) is 13.1. The molecular weight excluding hydrogens is 310 g/mol. The molecule has 120 valence electrons. The molecule has 0 aliphatic heterocycles. The summed E-state index contributed by atoms with van der Waals surface area (Å²) in [6.07, 6.45) is 0.893. The highest BCUT2D eigenvalue weighted by Crippen LogP contribution is 2.29. The van der Waals surface area contributed by atoms with Crippen molar-refractivity contribution in [2.24, 2.45) is 0 Å². The van der Waals surface area contributed by atoms with Gasteiger partial charge in [-0.25, -0.2) is 0 Å². The number of rotatable bonds is 5. The van der Waals surface area contributed by atoms with E-state index in [1.165, 1.54) is 0 Å². The molecule has 1 aromatic carbocycles. The molecule has 0 spiro atoms. The number of benzene rings is 1. The highest BCUT2D eigenvalue weighted by molar-refractivity contribution is 7.19. The Morgan fingerprint density at radius 2 is 2.13 bits per heavy atom. The molecule has 3 rings (SSSR count). The Morgan fingerprint density at radius 3 is 2.87 bits per heavy atom. The van der Waals surface area contributed by atoms with Gasteiger partial charge in [-0.15, -0.1) is 11.3 Å². The van der Waals surface area contributed by atoms with Crippen LogP contribution >= 0.6 is 11.3 Å². The van der Waals surface area contributed by atoms with E-state index in [1.807, 2.05) is 44.2 Å². The molecule has 2 heterocycles. The first-order chi connectivity index (χ1) is 11.1. The molecular formula is C17H19N3O2S. The Bertz CT molecular complexity index is 789. The number of carbonyl (C=O) groups excluding carboxylic acids is 1. The van der Waals surface area contributed by atoms with Crippen LogP contribution in [0.5, 0.6) is 0 Å². The number of nitrogens with one attached hydrogen (secondary N) is 1. The fourth-order valence-corrected chi connectivity index (χ4v) is 3.50. The highest BCUT2D eigenvalue weighted by atomic mass is 32.1. The van der Waals surface area contributed by atoms with Gasteiger partial charge in [0.05, 0.1) is 0 Å². The van der Waals surface area contributed by atoms with E-state index in [1.54, 1.807) is 28.3 Å². The van der Waals surface area contributed by atoms with Crippen molar-refractivity contribution in [3.63, 3.8) is 0 Å². The van der Waals surface area contributed by atoms with Crippen molar-refractivity contribution in [2.75, 3.05) is 6.54 Å². The topological polar surface area (TPSA) is 67.2 Å². The van der Waals surface area contributed by atoms with Gasteiger partial charge in [0.1, 0.15) is 11.8 Å². The van der Waals surface area contributed by atoms with Gasteiger partial charge in [-0.3, -0.25) is 9.48 Å². The molecule has 2 N–H and O–H groups in total. The molecule has 5 nitrogen and oxygen atoms in total. The molecule has 23 heavy (non-hydrogen) atoms. The average Bonchev–Trinajstić information content (AvgIpc) is 3.18. The fraction of sp³-hybridized carbons (Fsp3) is 0.294. The summed E-state index contributed by atoms with van der Waals surface area (Å²) >= 11 is 1.54. The Morgan fingerprint density at radius 1 is 1.35 bits per heavy atom. The van der Waals surface area contributed by atoms with Crippen molar-refractivity contribution in [3.05, 3.63) is 53.2 Å². The van der Waals surface area contributed by atoms with Crippen LogP contribution in [0.1, 0.15) is 41.4 Å². The highest BCUT2D eigenvalue weighted by Gasteiger charge is 2.17. The van der Waals surface area contributed by atoms with Crippen LogP contribution in [0.3, 0.4) is 0 Å². The lowest BCUT2D eigenvalue weighted by Gasteiger charge is -2.13. The zero-order chi connectivity index (χ0) is 16.4. The van der Waals surface area contributed by atoms with Crippen LogP contribution in [0.2, 0.25) is 0 Å². The monoisotopic (exact) mass is 329 g/mol. The Hall–Kier alpha value is -2.18. The van der Waals surface area contributed by atoms with Crippen LogP contribution in [-0.2, 0) is 0 Å². The van der Waals surface area contributed by atoms with Gasteiger partial charge in [0.15, 0.2) is 0 Å². The van der Waals surface area contributed by atoms with Gasteiger partial charge in [0.25, 0.3) is 5.91 Å². The molecule has 0 saturated heterocycles. The number of nitrogens with zero attached hydrogens (tertiary/aromatic N) is 2. The molecule has 0 bridgehead atoms. The van der Waals surface area contributed by atoms with Gasteiger partial charge in [-0.05, 0) is 37.4 Å². The summed E-state index contributed by atoms with van der Waals surface area (Å²) in [5.41, 5.74) is 0.503. The fourth-order valence-electron chi connectivity index (χ4n) is 2.45. The largest absolute Gasteiger partial charge is 0.386 e.